The van der Waals surface area contributed by atoms with Gasteiger partial charge in [0, 0.05) is 29.9 Å². The number of aromatic nitrogens is 5. The van der Waals surface area contributed by atoms with Gasteiger partial charge in [-0.2, -0.15) is 0 Å². The fourth-order valence-electron chi connectivity index (χ4n) is 3.70. The lowest BCUT2D eigenvalue weighted by Gasteiger charge is -2.13. The molecule has 11 heteroatoms. The number of aryl methyl sites for hydroxylation is 2. The zero-order valence-corrected chi connectivity index (χ0v) is 21.2. The van der Waals surface area contributed by atoms with Crippen LogP contribution in [-0.4, -0.2) is 37.5 Å². The Morgan fingerprint density at radius 2 is 1.85 bits per heavy atom. The predicted octanol–water partition coefficient (Wildman–Crippen LogP) is 5.50. The van der Waals surface area contributed by atoms with Crippen LogP contribution in [0.15, 0.2) is 90.3 Å². The Morgan fingerprint density at radius 3 is 2.59 bits per heavy atom. The first-order valence-electron chi connectivity index (χ1n) is 11.8. The second kappa shape index (κ2) is 11.2. The maximum absolute atomic E-state index is 12.4. The topological polar surface area (TPSA) is 128 Å². The van der Waals surface area contributed by atoms with Crippen molar-refractivity contribution >= 4 is 47.0 Å². The van der Waals surface area contributed by atoms with E-state index in [0.29, 0.717) is 40.2 Å². The molecule has 0 aliphatic heterocycles. The maximum Gasteiger partial charge on any atom is 0.417 e. The number of fused-ring (bicyclic) bond motifs is 1. The van der Waals surface area contributed by atoms with E-state index < -0.39 is 6.09 Å². The molecule has 194 valence electrons. The molecule has 3 aromatic carbocycles. The molecule has 0 bridgehead atoms. The van der Waals surface area contributed by atoms with E-state index in [1.54, 1.807) is 59.4 Å². The molecule has 11 nitrogen and oxygen atoms in total. The van der Waals surface area contributed by atoms with Crippen LogP contribution in [0.1, 0.15) is 11.4 Å². The molecule has 0 spiro atoms. The molecule has 1 amide bonds. The first kappa shape index (κ1) is 25.1. The molecule has 2 aromatic heterocycles. The summed E-state index contributed by atoms with van der Waals surface area (Å²) < 4.78 is 13.0. The van der Waals surface area contributed by atoms with Gasteiger partial charge in [0.15, 0.2) is 5.82 Å². The van der Waals surface area contributed by atoms with Crippen molar-refractivity contribution in [2.45, 2.75) is 6.92 Å². The molecule has 0 saturated heterocycles. The number of amides is 1. The summed E-state index contributed by atoms with van der Waals surface area (Å²) in [5.74, 6) is 2.51. The number of aliphatic imine (C=N–C) groups is 1. The number of carbonyl (C=O) groups is 1. The lowest BCUT2D eigenvalue weighted by atomic mass is 10.1. The van der Waals surface area contributed by atoms with E-state index >= 15 is 0 Å². The third kappa shape index (κ3) is 6.05. The van der Waals surface area contributed by atoms with E-state index in [0.717, 1.165) is 16.6 Å². The van der Waals surface area contributed by atoms with Crippen molar-refractivity contribution in [1.82, 2.24) is 24.7 Å². The van der Waals surface area contributed by atoms with Crippen LogP contribution in [0.4, 0.5) is 22.0 Å². The first-order chi connectivity index (χ1) is 19.0. The molecular formula is C28H24N8O3. The van der Waals surface area contributed by atoms with Crippen molar-refractivity contribution in [3.05, 3.63) is 96.7 Å². The minimum absolute atomic E-state index is 0.294. The molecule has 39 heavy (non-hydrogen) atoms. The van der Waals surface area contributed by atoms with Gasteiger partial charge in [-0.1, -0.05) is 18.2 Å². The van der Waals surface area contributed by atoms with Crippen LogP contribution in [0.5, 0.6) is 11.5 Å². The molecule has 0 aliphatic rings. The van der Waals surface area contributed by atoms with Crippen LogP contribution in [0.25, 0.3) is 17.0 Å². The Hall–Kier alpha value is -5.58. The van der Waals surface area contributed by atoms with Crippen LogP contribution in [-0.2, 0) is 7.05 Å². The molecule has 0 fully saturated rings. The summed E-state index contributed by atoms with van der Waals surface area (Å²) in [5, 5.41) is 14.6. The summed E-state index contributed by atoms with van der Waals surface area (Å²) >= 11 is 0. The van der Waals surface area contributed by atoms with Gasteiger partial charge < -0.3 is 19.4 Å². The number of anilines is 3. The molecule has 2 heterocycles. The Labute approximate surface area is 223 Å². The van der Waals surface area contributed by atoms with Gasteiger partial charge in [-0.05, 0) is 67.7 Å². The summed E-state index contributed by atoms with van der Waals surface area (Å²) in [6.07, 6.45) is 4.12. The third-order valence-electron chi connectivity index (χ3n) is 5.64. The average molecular weight is 521 g/mol. The Balaban J connectivity index is 1.33. The highest BCUT2D eigenvalue weighted by Crippen LogP contribution is 2.29. The SMILES string of the molecule is C=N/C(=C\c1nncn1C)Oc1ccc(Nc2ncnc3ccc(NC(=O)Oc4ccccc4)cc23)cc1C. The molecule has 0 unspecified atom stereocenters. The smallest absolute Gasteiger partial charge is 0.417 e. The molecule has 5 rings (SSSR count). The van der Waals surface area contributed by atoms with Gasteiger partial charge in [-0.3, -0.25) is 5.32 Å². The third-order valence-corrected chi connectivity index (χ3v) is 5.64. The van der Waals surface area contributed by atoms with Crippen molar-refractivity contribution in [1.29, 1.82) is 0 Å². The Morgan fingerprint density at radius 1 is 1.03 bits per heavy atom. The quantitative estimate of drug-likeness (QED) is 0.203. The van der Waals surface area contributed by atoms with Gasteiger partial charge in [0.25, 0.3) is 0 Å². The van der Waals surface area contributed by atoms with E-state index in [-0.39, 0.29) is 0 Å². The molecule has 5 aromatic rings. The van der Waals surface area contributed by atoms with Crippen molar-refractivity contribution in [2.75, 3.05) is 10.6 Å². The number of ether oxygens (including phenoxy) is 2. The van der Waals surface area contributed by atoms with Crippen LogP contribution in [0.3, 0.4) is 0 Å². The van der Waals surface area contributed by atoms with E-state index in [9.17, 15) is 4.79 Å². The zero-order chi connectivity index (χ0) is 27.2. The highest BCUT2D eigenvalue weighted by atomic mass is 16.6. The lowest BCUT2D eigenvalue weighted by molar-refractivity contribution is 0.215. The highest BCUT2D eigenvalue weighted by Gasteiger charge is 2.11. The predicted molar refractivity (Wildman–Crippen MR) is 149 cm³/mol. The number of para-hydroxylation sites is 1. The van der Waals surface area contributed by atoms with E-state index in [2.05, 4.69) is 42.5 Å². The monoisotopic (exact) mass is 520 g/mol. The summed E-state index contributed by atoms with van der Waals surface area (Å²) in [6, 6.07) is 19.8. The van der Waals surface area contributed by atoms with Gasteiger partial charge in [0.2, 0.25) is 5.88 Å². The molecule has 0 aliphatic carbocycles. The summed E-state index contributed by atoms with van der Waals surface area (Å²) in [4.78, 5) is 25.0. The number of hydrogen-bond donors (Lipinski definition) is 2. The maximum atomic E-state index is 12.4. The minimum atomic E-state index is -0.597. The second-order valence-electron chi connectivity index (χ2n) is 8.43. The van der Waals surface area contributed by atoms with Crippen LogP contribution in [0, 0.1) is 6.92 Å². The van der Waals surface area contributed by atoms with E-state index in [1.807, 2.05) is 38.2 Å². The van der Waals surface area contributed by atoms with Crippen molar-refractivity contribution < 1.29 is 14.3 Å². The number of nitrogens with zero attached hydrogens (tertiary/aromatic N) is 6. The van der Waals surface area contributed by atoms with Gasteiger partial charge in [-0.25, -0.2) is 19.8 Å². The number of nitrogens with one attached hydrogen (secondary N) is 2. The van der Waals surface area contributed by atoms with Crippen molar-refractivity contribution in [2.24, 2.45) is 12.0 Å². The highest BCUT2D eigenvalue weighted by molar-refractivity contribution is 5.96. The number of benzene rings is 3. The lowest BCUT2D eigenvalue weighted by Crippen LogP contribution is -2.16. The van der Waals surface area contributed by atoms with Crippen LogP contribution >= 0.6 is 0 Å². The van der Waals surface area contributed by atoms with Gasteiger partial charge in [0.05, 0.1) is 5.52 Å². The van der Waals surface area contributed by atoms with Gasteiger partial charge in [-0.15, -0.1) is 10.2 Å². The number of carbonyl (C=O) groups excluding carboxylic acids is 1. The van der Waals surface area contributed by atoms with Crippen molar-refractivity contribution in [3.63, 3.8) is 0 Å². The minimum Gasteiger partial charge on any atom is -0.439 e. The van der Waals surface area contributed by atoms with Crippen molar-refractivity contribution in [3.8, 4) is 11.5 Å². The fraction of sp³-hybridized carbons (Fsp3) is 0.0714. The van der Waals surface area contributed by atoms with Gasteiger partial charge >= 0.3 is 6.09 Å². The van der Waals surface area contributed by atoms with E-state index in [1.165, 1.54) is 6.33 Å². The second-order valence-corrected chi connectivity index (χ2v) is 8.43. The Bertz CT molecular complexity index is 1680. The molecular weight excluding hydrogens is 496 g/mol. The molecule has 0 atom stereocenters. The summed E-state index contributed by atoms with van der Waals surface area (Å²) in [6.45, 7) is 5.50. The fourth-order valence-corrected chi connectivity index (χ4v) is 3.70. The molecule has 0 saturated carbocycles. The van der Waals surface area contributed by atoms with Gasteiger partial charge in [0.1, 0.15) is 30.0 Å². The molecule has 0 radical (unpaired) electrons. The standard InChI is InChI=1S/C28H24N8O3/c1-18-13-19(10-12-24(18)39-26(29-2)15-25-35-32-17-36(25)3)33-27-22-14-20(9-11-23(22)30-16-31-27)34-28(37)38-21-7-5-4-6-8-21/h4-17H,2H2,1,3H3,(H,34,37)(H,30,31,33)/b26-15+. The van der Waals surface area contributed by atoms with Crippen LogP contribution < -0.4 is 20.1 Å². The summed E-state index contributed by atoms with van der Waals surface area (Å²) in [7, 11) is 1.82. The van der Waals surface area contributed by atoms with E-state index in [4.69, 9.17) is 9.47 Å². The van der Waals surface area contributed by atoms with Crippen LogP contribution in [0.2, 0.25) is 0 Å². The number of hydrogen-bond acceptors (Lipinski definition) is 9. The number of rotatable bonds is 8. The first-order valence-corrected chi connectivity index (χ1v) is 11.8. The largest absolute Gasteiger partial charge is 0.439 e. The normalized spacial score (nSPS) is 11.2. The Kier molecular flexibility index (Phi) is 7.21. The molecule has 2 N–H and O–H groups in total. The summed E-state index contributed by atoms with van der Waals surface area (Å²) in [5.41, 5.74) is 2.89. The zero-order valence-electron chi connectivity index (χ0n) is 21.2. The average Bonchev–Trinajstić information content (AvgIpc) is 3.34.